The molecule has 0 aromatic heterocycles. The molecular formula is C23H28N2O4. The molecule has 1 saturated carbocycles. The first-order valence-corrected chi connectivity index (χ1v) is 10.0. The fourth-order valence-corrected chi connectivity index (χ4v) is 3.62. The molecule has 0 unspecified atom stereocenters. The van der Waals surface area contributed by atoms with Crippen LogP contribution in [0.25, 0.3) is 0 Å². The lowest BCUT2D eigenvalue weighted by molar-refractivity contribution is -0.166. The lowest BCUT2D eigenvalue weighted by atomic mass is 10.0. The number of aliphatic hydroxyl groups is 1. The highest BCUT2D eigenvalue weighted by Gasteiger charge is 2.40. The largest absolute Gasteiger partial charge is 0.453 e. The first-order chi connectivity index (χ1) is 13.9. The van der Waals surface area contributed by atoms with E-state index in [1.165, 1.54) is 0 Å². The van der Waals surface area contributed by atoms with Crippen molar-refractivity contribution in [1.29, 1.82) is 0 Å². The molecule has 0 bridgehead atoms. The Morgan fingerprint density at radius 2 is 1.62 bits per heavy atom. The van der Waals surface area contributed by atoms with E-state index in [1.54, 1.807) is 4.90 Å². The van der Waals surface area contributed by atoms with Crippen LogP contribution < -0.4 is 10.2 Å². The molecular weight excluding hydrogens is 368 g/mol. The number of anilines is 3. The van der Waals surface area contributed by atoms with Gasteiger partial charge in [0, 0.05) is 23.1 Å². The molecule has 3 rings (SSSR count). The van der Waals surface area contributed by atoms with Gasteiger partial charge in [-0.15, -0.1) is 0 Å². The van der Waals surface area contributed by atoms with Gasteiger partial charge >= 0.3 is 5.97 Å². The van der Waals surface area contributed by atoms with Crippen molar-refractivity contribution in [3.8, 4) is 0 Å². The second-order valence-corrected chi connectivity index (χ2v) is 7.71. The van der Waals surface area contributed by atoms with Crippen molar-refractivity contribution in [2.75, 3.05) is 16.8 Å². The summed E-state index contributed by atoms with van der Waals surface area (Å²) >= 11 is 0. The number of amides is 1. The Labute approximate surface area is 171 Å². The van der Waals surface area contributed by atoms with Crippen LogP contribution in [0, 0.1) is 0 Å². The van der Waals surface area contributed by atoms with Crippen molar-refractivity contribution in [2.45, 2.75) is 51.2 Å². The standard InChI is InChI=1S/C23H28N2O4/c1-17(2)25(21(26)16-29-22(27)23(28)14-6-7-15-23)20-12-10-19(11-13-20)24-18-8-4-3-5-9-18/h3-5,8-13,17,24,28H,6-7,14-16H2,1-2H3. The number of benzene rings is 2. The maximum Gasteiger partial charge on any atom is 0.338 e. The maximum absolute atomic E-state index is 12.7. The smallest absolute Gasteiger partial charge is 0.338 e. The highest BCUT2D eigenvalue weighted by Crippen LogP contribution is 2.30. The zero-order valence-corrected chi connectivity index (χ0v) is 16.9. The second kappa shape index (κ2) is 9.09. The van der Waals surface area contributed by atoms with Crippen LogP contribution in [0.15, 0.2) is 54.6 Å². The first kappa shape index (κ1) is 20.9. The second-order valence-electron chi connectivity index (χ2n) is 7.71. The molecule has 1 amide bonds. The van der Waals surface area contributed by atoms with E-state index in [0.29, 0.717) is 12.8 Å². The van der Waals surface area contributed by atoms with Crippen molar-refractivity contribution in [2.24, 2.45) is 0 Å². The van der Waals surface area contributed by atoms with Gasteiger partial charge in [0.15, 0.2) is 12.2 Å². The van der Waals surface area contributed by atoms with Crippen LogP contribution >= 0.6 is 0 Å². The van der Waals surface area contributed by atoms with E-state index in [4.69, 9.17) is 4.74 Å². The summed E-state index contributed by atoms with van der Waals surface area (Å²) in [6.07, 6.45) is 2.37. The molecule has 2 aromatic rings. The Kier molecular flexibility index (Phi) is 6.54. The molecule has 6 heteroatoms. The van der Waals surface area contributed by atoms with Gasteiger partial charge < -0.3 is 20.1 Å². The van der Waals surface area contributed by atoms with Crippen LogP contribution in [0.5, 0.6) is 0 Å². The minimum atomic E-state index is -1.44. The lowest BCUT2D eigenvalue weighted by Gasteiger charge is -2.28. The molecule has 1 aliphatic carbocycles. The molecule has 0 spiro atoms. The van der Waals surface area contributed by atoms with Crippen LogP contribution in [0.4, 0.5) is 17.1 Å². The highest BCUT2D eigenvalue weighted by molar-refractivity contribution is 5.96. The van der Waals surface area contributed by atoms with Crippen molar-refractivity contribution in [3.63, 3.8) is 0 Å². The van der Waals surface area contributed by atoms with Gasteiger partial charge in [-0.25, -0.2) is 4.79 Å². The number of nitrogens with one attached hydrogen (secondary N) is 1. The monoisotopic (exact) mass is 396 g/mol. The number of carbonyl (C=O) groups excluding carboxylic acids is 2. The Hall–Kier alpha value is -2.86. The minimum Gasteiger partial charge on any atom is -0.453 e. The van der Waals surface area contributed by atoms with Crippen molar-refractivity contribution in [1.82, 2.24) is 0 Å². The lowest BCUT2D eigenvalue weighted by Crippen LogP contribution is -2.43. The third-order valence-electron chi connectivity index (χ3n) is 5.13. The number of hydrogen-bond acceptors (Lipinski definition) is 5. The predicted octanol–water partition coefficient (Wildman–Crippen LogP) is 4.02. The van der Waals surface area contributed by atoms with Gasteiger partial charge in [-0.1, -0.05) is 18.2 Å². The molecule has 6 nitrogen and oxygen atoms in total. The van der Waals surface area contributed by atoms with Gasteiger partial charge in [-0.05, 0) is 75.9 Å². The van der Waals surface area contributed by atoms with Crippen LogP contribution in [0.2, 0.25) is 0 Å². The van der Waals surface area contributed by atoms with Gasteiger partial charge in [0.25, 0.3) is 5.91 Å². The summed E-state index contributed by atoms with van der Waals surface area (Å²) in [5, 5.41) is 13.6. The third-order valence-corrected chi connectivity index (χ3v) is 5.13. The van der Waals surface area contributed by atoms with Gasteiger partial charge in [-0.3, -0.25) is 4.79 Å². The van der Waals surface area contributed by atoms with Crippen LogP contribution in [-0.2, 0) is 14.3 Å². The molecule has 1 aliphatic rings. The number of esters is 1. The summed E-state index contributed by atoms with van der Waals surface area (Å²) in [6, 6.07) is 17.2. The molecule has 0 saturated heterocycles. The van der Waals surface area contributed by atoms with E-state index in [2.05, 4.69) is 5.32 Å². The number of hydrogen-bond donors (Lipinski definition) is 2. The summed E-state index contributed by atoms with van der Waals surface area (Å²) in [7, 11) is 0. The Bertz CT molecular complexity index is 828. The van der Waals surface area contributed by atoms with Crippen LogP contribution in [0.1, 0.15) is 39.5 Å². The number of para-hydroxylation sites is 1. The Morgan fingerprint density at radius 1 is 1.03 bits per heavy atom. The zero-order valence-electron chi connectivity index (χ0n) is 16.9. The summed E-state index contributed by atoms with van der Waals surface area (Å²) in [5.41, 5.74) is 1.17. The van der Waals surface area contributed by atoms with E-state index >= 15 is 0 Å². The quantitative estimate of drug-likeness (QED) is 0.691. The van der Waals surface area contributed by atoms with Gasteiger partial charge in [-0.2, -0.15) is 0 Å². The zero-order chi connectivity index (χ0) is 20.9. The molecule has 2 N–H and O–H groups in total. The molecule has 0 atom stereocenters. The average molecular weight is 396 g/mol. The van der Waals surface area contributed by atoms with E-state index < -0.39 is 11.6 Å². The molecule has 0 radical (unpaired) electrons. The summed E-state index contributed by atoms with van der Waals surface area (Å²) in [6.45, 7) is 3.42. The predicted molar refractivity (Wildman–Crippen MR) is 113 cm³/mol. The Morgan fingerprint density at radius 3 is 2.21 bits per heavy atom. The van der Waals surface area contributed by atoms with Gasteiger partial charge in [0.1, 0.15) is 0 Å². The van der Waals surface area contributed by atoms with E-state index in [0.717, 1.165) is 29.9 Å². The highest BCUT2D eigenvalue weighted by atomic mass is 16.6. The summed E-state index contributed by atoms with van der Waals surface area (Å²) in [5.74, 6) is -1.02. The number of carbonyl (C=O) groups is 2. The molecule has 0 aliphatic heterocycles. The fraction of sp³-hybridized carbons (Fsp3) is 0.391. The summed E-state index contributed by atoms with van der Waals surface area (Å²) < 4.78 is 5.15. The molecule has 0 heterocycles. The minimum absolute atomic E-state index is 0.108. The average Bonchev–Trinajstić information content (AvgIpc) is 3.16. The number of nitrogens with zero attached hydrogens (tertiary/aromatic N) is 1. The van der Waals surface area contributed by atoms with E-state index in [1.807, 2.05) is 68.4 Å². The van der Waals surface area contributed by atoms with Crippen molar-refractivity contribution in [3.05, 3.63) is 54.6 Å². The first-order valence-electron chi connectivity index (χ1n) is 10.0. The van der Waals surface area contributed by atoms with E-state index in [-0.39, 0.29) is 18.6 Å². The van der Waals surface area contributed by atoms with Gasteiger partial charge in [0.05, 0.1) is 0 Å². The summed E-state index contributed by atoms with van der Waals surface area (Å²) in [4.78, 5) is 26.5. The maximum atomic E-state index is 12.7. The molecule has 1 fully saturated rings. The topological polar surface area (TPSA) is 78.9 Å². The number of ether oxygens (including phenoxy) is 1. The number of rotatable bonds is 7. The SMILES string of the molecule is CC(C)N(C(=O)COC(=O)C1(O)CCCC1)c1ccc(Nc2ccccc2)cc1. The van der Waals surface area contributed by atoms with Crippen LogP contribution in [0.3, 0.4) is 0 Å². The van der Waals surface area contributed by atoms with Gasteiger partial charge in [0.2, 0.25) is 0 Å². The van der Waals surface area contributed by atoms with Crippen LogP contribution in [-0.4, -0.2) is 35.2 Å². The molecule has 2 aromatic carbocycles. The van der Waals surface area contributed by atoms with Crippen molar-refractivity contribution >= 4 is 28.9 Å². The molecule has 29 heavy (non-hydrogen) atoms. The van der Waals surface area contributed by atoms with Crippen molar-refractivity contribution < 1.29 is 19.4 Å². The molecule has 154 valence electrons. The fourth-order valence-electron chi connectivity index (χ4n) is 3.62. The third kappa shape index (κ3) is 5.15. The van der Waals surface area contributed by atoms with E-state index in [9.17, 15) is 14.7 Å². The Balaban J connectivity index is 1.64. The normalized spacial score (nSPS) is 15.2.